The van der Waals surface area contributed by atoms with Crippen LogP contribution >= 0.6 is 0 Å². The summed E-state index contributed by atoms with van der Waals surface area (Å²) in [6.45, 7) is 5.69. The van der Waals surface area contributed by atoms with Gasteiger partial charge in [-0.15, -0.1) is 0 Å². The molecule has 0 amide bonds. The molecule has 2 aromatic rings. The SMILES string of the molecule is CCn1ccnc1CN1C[C@H]2C[C@@H](C1)[C@H](CNS(C)(=O)=O)n1c2cccc1=O. The lowest BCUT2D eigenvalue weighted by Crippen LogP contribution is -2.51. The number of fused-ring (bicyclic) bond motifs is 4. The van der Waals surface area contributed by atoms with E-state index in [1.54, 1.807) is 12.1 Å². The van der Waals surface area contributed by atoms with Crippen LogP contribution in [0.3, 0.4) is 0 Å². The van der Waals surface area contributed by atoms with Crippen LogP contribution in [0.25, 0.3) is 0 Å². The monoisotopic (exact) mass is 405 g/mol. The van der Waals surface area contributed by atoms with E-state index in [9.17, 15) is 13.2 Å². The molecule has 28 heavy (non-hydrogen) atoms. The van der Waals surface area contributed by atoms with Crippen molar-refractivity contribution < 1.29 is 8.42 Å². The minimum Gasteiger partial charge on any atom is -0.334 e. The van der Waals surface area contributed by atoms with Gasteiger partial charge in [-0.3, -0.25) is 9.69 Å². The van der Waals surface area contributed by atoms with Crippen molar-refractivity contribution in [2.75, 3.05) is 25.9 Å². The average molecular weight is 406 g/mol. The molecule has 4 heterocycles. The van der Waals surface area contributed by atoms with Crippen LogP contribution in [0.1, 0.15) is 36.8 Å². The zero-order chi connectivity index (χ0) is 19.9. The number of nitrogens with one attached hydrogen (secondary N) is 1. The van der Waals surface area contributed by atoms with Crippen molar-refractivity contribution in [1.29, 1.82) is 0 Å². The maximum Gasteiger partial charge on any atom is 0.251 e. The molecule has 2 bridgehead atoms. The highest BCUT2D eigenvalue weighted by Crippen LogP contribution is 2.41. The van der Waals surface area contributed by atoms with Crippen molar-refractivity contribution >= 4 is 10.0 Å². The first kappa shape index (κ1) is 19.4. The Hall–Kier alpha value is -1.97. The number of aromatic nitrogens is 3. The van der Waals surface area contributed by atoms with Gasteiger partial charge in [0.1, 0.15) is 5.82 Å². The van der Waals surface area contributed by atoms with E-state index in [0.29, 0.717) is 0 Å². The molecule has 8 nitrogen and oxygen atoms in total. The Kier molecular flexibility index (Phi) is 5.15. The molecule has 2 aromatic heterocycles. The largest absolute Gasteiger partial charge is 0.334 e. The molecule has 2 aliphatic rings. The highest BCUT2D eigenvalue weighted by Gasteiger charge is 2.40. The van der Waals surface area contributed by atoms with Crippen LogP contribution in [0.4, 0.5) is 0 Å². The second-order valence-corrected chi connectivity index (χ2v) is 9.70. The molecule has 4 rings (SSSR count). The number of nitrogens with zero attached hydrogens (tertiary/aromatic N) is 4. The van der Waals surface area contributed by atoms with Gasteiger partial charge in [-0.25, -0.2) is 18.1 Å². The first-order valence-electron chi connectivity index (χ1n) is 9.74. The van der Waals surface area contributed by atoms with E-state index in [1.165, 1.54) is 0 Å². The Bertz CT molecular complexity index is 1010. The van der Waals surface area contributed by atoms with Crippen molar-refractivity contribution in [3.05, 3.63) is 52.5 Å². The Morgan fingerprint density at radius 1 is 1.29 bits per heavy atom. The van der Waals surface area contributed by atoms with Crippen LogP contribution < -0.4 is 10.3 Å². The third-order valence-electron chi connectivity index (χ3n) is 5.94. The van der Waals surface area contributed by atoms with Crippen molar-refractivity contribution in [3.63, 3.8) is 0 Å². The molecule has 0 unspecified atom stereocenters. The third-order valence-corrected chi connectivity index (χ3v) is 6.63. The molecular weight excluding hydrogens is 378 g/mol. The second kappa shape index (κ2) is 7.46. The van der Waals surface area contributed by atoms with Gasteiger partial charge in [0.2, 0.25) is 10.0 Å². The maximum atomic E-state index is 12.6. The minimum absolute atomic E-state index is 0.0533. The summed E-state index contributed by atoms with van der Waals surface area (Å²) in [6, 6.07) is 5.20. The van der Waals surface area contributed by atoms with Crippen molar-refractivity contribution in [1.82, 2.24) is 23.7 Å². The van der Waals surface area contributed by atoms with Crippen LogP contribution in [0.15, 0.2) is 35.4 Å². The zero-order valence-corrected chi connectivity index (χ0v) is 17.1. The predicted molar refractivity (Wildman–Crippen MR) is 107 cm³/mol. The first-order chi connectivity index (χ1) is 13.4. The van der Waals surface area contributed by atoms with Crippen LogP contribution in [-0.4, -0.2) is 53.3 Å². The van der Waals surface area contributed by atoms with Gasteiger partial charge in [0.15, 0.2) is 0 Å². The van der Waals surface area contributed by atoms with E-state index >= 15 is 0 Å². The van der Waals surface area contributed by atoms with E-state index < -0.39 is 10.0 Å². The van der Waals surface area contributed by atoms with E-state index in [-0.39, 0.29) is 30.0 Å². The summed E-state index contributed by atoms with van der Waals surface area (Å²) in [7, 11) is -3.32. The van der Waals surface area contributed by atoms with Crippen LogP contribution in [-0.2, 0) is 23.1 Å². The summed E-state index contributed by atoms with van der Waals surface area (Å²) in [5.74, 6) is 1.52. The van der Waals surface area contributed by atoms with Crippen molar-refractivity contribution in [2.45, 2.75) is 38.4 Å². The number of imidazole rings is 1. The molecular formula is C19H27N5O3S. The van der Waals surface area contributed by atoms with Gasteiger partial charge in [-0.05, 0) is 25.3 Å². The lowest BCUT2D eigenvalue weighted by atomic mass is 9.78. The Morgan fingerprint density at radius 2 is 2.11 bits per heavy atom. The normalized spacial score (nSPS) is 24.9. The standard InChI is InChI=1S/C19H27N5O3S/c1-3-23-8-7-20-18(23)13-22-11-14-9-15(12-22)17(10-21-28(2,26)27)24-16(14)5-4-6-19(24)25/h4-8,14-15,17,21H,3,9-13H2,1-2H3/t14-,15+,17+/m1/s1. The van der Waals surface area contributed by atoms with Gasteiger partial charge in [-0.2, -0.15) is 0 Å². The van der Waals surface area contributed by atoms with E-state index in [2.05, 4.69) is 26.1 Å². The maximum absolute atomic E-state index is 12.6. The summed E-state index contributed by atoms with van der Waals surface area (Å²) in [4.78, 5) is 19.5. The molecule has 0 aromatic carbocycles. The summed E-state index contributed by atoms with van der Waals surface area (Å²) >= 11 is 0. The van der Waals surface area contributed by atoms with Crippen molar-refractivity contribution in [2.24, 2.45) is 5.92 Å². The molecule has 9 heteroatoms. The van der Waals surface area contributed by atoms with E-state index in [0.717, 1.165) is 50.4 Å². The first-order valence-corrected chi connectivity index (χ1v) is 11.6. The fourth-order valence-corrected chi connectivity index (χ4v) is 5.22. The molecule has 1 saturated heterocycles. The van der Waals surface area contributed by atoms with Gasteiger partial charge >= 0.3 is 0 Å². The fraction of sp³-hybridized carbons (Fsp3) is 0.579. The van der Waals surface area contributed by atoms with E-state index in [4.69, 9.17) is 0 Å². The number of sulfonamides is 1. The lowest BCUT2D eigenvalue weighted by molar-refractivity contribution is 0.0843. The predicted octanol–water partition coefficient (Wildman–Crippen LogP) is 0.774. The quantitative estimate of drug-likeness (QED) is 0.767. The molecule has 0 aliphatic carbocycles. The molecule has 0 spiro atoms. The number of likely N-dealkylation sites (tertiary alicyclic amines) is 1. The number of rotatable bonds is 6. The second-order valence-electron chi connectivity index (χ2n) is 7.86. The summed E-state index contributed by atoms with van der Waals surface area (Å²) in [5.41, 5.74) is 0.954. The van der Waals surface area contributed by atoms with Crippen LogP contribution in [0, 0.1) is 5.92 Å². The van der Waals surface area contributed by atoms with Crippen LogP contribution in [0.2, 0.25) is 0 Å². The van der Waals surface area contributed by atoms with Gasteiger partial charge in [0, 0.05) is 56.3 Å². The molecule has 0 saturated carbocycles. The molecule has 0 radical (unpaired) electrons. The number of hydrogen-bond acceptors (Lipinski definition) is 5. The number of piperidine rings is 1. The fourth-order valence-electron chi connectivity index (χ4n) is 4.74. The van der Waals surface area contributed by atoms with Crippen molar-refractivity contribution in [3.8, 4) is 0 Å². The number of hydrogen-bond donors (Lipinski definition) is 1. The molecule has 1 fully saturated rings. The molecule has 1 N–H and O–H groups in total. The third kappa shape index (κ3) is 3.78. The van der Waals surface area contributed by atoms with Gasteiger partial charge < -0.3 is 9.13 Å². The highest BCUT2D eigenvalue weighted by molar-refractivity contribution is 7.88. The molecule has 2 aliphatic heterocycles. The molecule has 3 atom stereocenters. The van der Waals surface area contributed by atoms with Crippen LogP contribution in [0.5, 0.6) is 0 Å². The Morgan fingerprint density at radius 3 is 2.86 bits per heavy atom. The Labute approximate surface area is 165 Å². The molecule has 152 valence electrons. The summed E-state index contributed by atoms with van der Waals surface area (Å²) < 4.78 is 29.9. The number of aryl methyl sites for hydroxylation is 1. The lowest BCUT2D eigenvalue weighted by Gasteiger charge is -2.47. The summed E-state index contributed by atoms with van der Waals surface area (Å²) in [6.07, 6.45) is 5.95. The Balaban J connectivity index is 1.64. The van der Waals surface area contributed by atoms with E-state index in [1.807, 2.05) is 23.0 Å². The average Bonchev–Trinajstić information content (AvgIpc) is 3.08. The topological polar surface area (TPSA) is 89.2 Å². The smallest absolute Gasteiger partial charge is 0.251 e. The van der Waals surface area contributed by atoms with Gasteiger partial charge in [-0.1, -0.05) is 6.07 Å². The zero-order valence-electron chi connectivity index (χ0n) is 16.3. The minimum atomic E-state index is -3.32. The highest BCUT2D eigenvalue weighted by atomic mass is 32.2. The van der Waals surface area contributed by atoms with Gasteiger partial charge in [0.25, 0.3) is 5.56 Å². The number of pyridine rings is 1. The van der Waals surface area contributed by atoms with Gasteiger partial charge in [0.05, 0.1) is 18.8 Å². The summed E-state index contributed by atoms with van der Waals surface area (Å²) in [5, 5.41) is 0.